The third-order valence-corrected chi connectivity index (χ3v) is 3.31. The second kappa shape index (κ2) is 2.37. The van der Waals surface area contributed by atoms with Gasteiger partial charge in [-0.1, -0.05) is 12.8 Å². The summed E-state index contributed by atoms with van der Waals surface area (Å²) in [4.78, 5) is 10.5. The van der Waals surface area contributed by atoms with Gasteiger partial charge in [0.1, 0.15) is 6.29 Å². The second-order valence-corrected chi connectivity index (χ2v) is 3.73. The predicted octanol–water partition coefficient (Wildman–Crippen LogP) is 2.01. The molecule has 0 bridgehead atoms. The summed E-state index contributed by atoms with van der Waals surface area (Å²) in [5.41, 5.74) is 0. The topological polar surface area (TPSA) is 17.1 Å². The van der Waals surface area contributed by atoms with Gasteiger partial charge in [-0.15, -0.1) is 0 Å². The fraction of sp³-hybridized carbons (Fsp3) is 0.889. The van der Waals surface area contributed by atoms with E-state index in [2.05, 4.69) is 0 Å². The summed E-state index contributed by atoms with van der Waals surface area (Å²) in [5, 5.41) is 0. The van der Waals surface area contributed by atoms with Crippen LogP contribution in [0.25, 0.3) is 0 Å². The van der Waals surface area contributed by atoms with Gasteiger partial charge in [-0.3, -0.25) is 0 Å². The van der Waals surface area contributed by atoms with Crippen LogP contribution in [0.2, 0.25) is 0 Å². The minimum Gasteiger partial charge on any atom is -0.303 e. The molecule has 1 nitrogen and oxygen atoms in total. The van der Waals surface area contributed by atoms with E-state index in [1.54, 1.807) is 0 Å². The van der Waals surface area contributed by atoms with Crippen molar-refractivity contribution in [1.82, 2.24) is 0 Å². The summed E-state index contributed by atoms with van der Waals surface area (Å²) in [7, 11) is 0. The first kappa shape index (κ1) is 6.38. The van der Waals surface area contributed by atoms with Crippen LogP contribution in [0.1, 0.15) is 32.1 Å². The van der Waals surface area contributed by atoms with Crippen molar-refractivity contribution in [2.24, 2.45) is 17.8 Å². The zero-order valence-electron chi connectivity index (χ0n) is 6.25. The number of aldehydes is 1. The fourth-order valence-corrected chi connectivity index (χ4v) is 2.78. The highest BCUT2D eigenvalue weighted by molar-refractivity contribution is 5.54. The van der Waals surface area contributed by atoms with Crippen LogP contribution in [-0.2, 0) is 4.79 Å². The maximum Gasteiger partial charge on any atom is 0.123 e. The number of hydrogen-bond acceptors (Lipinski definition) is 1. The number of hydrogen-bond donors (Lipinski definition) is 0. The number of rotatable bonds is 1. The molecule has 2 saturated carbocycles. The van der Waals surface area contributed by atoms with E-state index in [0.717, 1.165) is 11.8 Å². The van der Waals surface area contributed by atoms with E-state index < -0.39 is 0 Å². The normalized spacial score (nSPS) is 45.4. The SMILES string of the molecule is O=CC1CCC2CCCC12. The Labute approximate surface area is 61.8 Å². The summed E-state index contributed by atoms with van der Waals surface area (Å²) < 4.78 is 0. The highest BCUT2D eigenvalue weighted by atomic mass is 16.1. The Hall–Kier alpha value is -0.330. The van der Waals surface area contributed by atoms with E-state index in [1.165, 1.54) is 38.4 Å². The first-order chi connectivity index (χ1) is 4.92. The molecule has 0 saturated heterocycles. The van der Waals surface area contributed by atoms with Crippen molar-refractivity contribution in [2.75, 3.05) is 0 Å². The maximum absolute atomic E-state index is 10.5. The molecule has 56 valence electrons. The van der Waals surface area contributed by atoms with Crippen LogP contribution in [0, 0.1) is 17.8 Å². The molecule has 0 spiro atoms. The lowest BCUT2D eigenvalue weighted by molar-refractivity contribution is -0.112. The molecule has 0 radical (unpaired) electrons. The van der Waals surface area contributed by atoms with Crippen molar-refractivity contribution in [3.05, 3.63) is 0 Å². The molecule has 3 atom stereocenters. The number of carbonyl (C=O) groups is 1. The molecule has 0 heterocycles. The van der Waals surface area contributed by atoms with Crippen LogP contribution in [0.4, 0.5) is 0 Å². The van der Waals surface area contributed by atoms with Gasteiger partial charge in [0.05, 0.1) is 0 Å². The average molecular weight is 138 g/mol. The van der Waals surface area contributed by atoms with Crippen LogP contribution >= 0.6 is 0 Å². The molecule has 0 aromatic carbocycles. The van der Waals surface area contributed by atoms with Gasteiger partial charge in [-0.2, -0.15) is 0 Å². The Bertz CT molecular complexity index is 142. The molecule has 2 aliphatic rings. The summed E-state index contributed by atoms with van der Waals surface area (Å²) in [5.74, 6) is 2.15. The van der Waals surface area contributed by atoms with Crippen molar-refractivity contribution in [3.8, 4) is 0 Å². The molecular formula is C9H14O. The fourth-order valence-electron chi connectivity index (χ4n) is 2.78. The molecule has 1 heteroatoms. The molecule has 0 aliphatic heterocycles. The number of carbonyl (C=O) groups excluding carboxylic acids is 1. The molecule has 0 N–H and O–H groups in total. The lowest BCUT2D eigenvalue weighted by Gasteiger charge is -2.10. The zero-order chi connectivity index (χ0) is 6.97. The van der Waals surface area contributed by atoms with E-state index in [4.69, 9.17) is 0 Å². The third-order valence-electron chi connectivity index (χ3n) is 3.31. The van der Waals surface area contributed by atoms with Gasteiger partial charge in [0.25, 0.3) is 0 Å². The third kappa shape index (κ3) is 0.799. The highest BCUT2D eigenvalue weighted by Gasteiger charge is 2.38. The molecule has 2 rings (SSSR count). The maximum atomic E-state index is 10.5. The van der Waals surface area contributed by atoms with E-state index >= 15 is 0 Å². The summed E-state index contributed by atoms with van der Waals surface area (Å²) in [6.07, 6.45) is 7.80. The Morgan fingerprint density at radius 3 is 2.80 bits per heavy atom. The highest BCUT2D eigenvalue weighted by Crippen LogP contribution is 2.46. The average Bonchev–Trinajstić information content (AvgIpc) is 2.44. The largest absolute Gasteiger partial charge is 0.303 e. The monoisotopic (exact) mass is 138 g/mol. The van der Waals surface area contributed by atoms with Gasteiger partial charge in [0.2, 0.25) is 0 Å². The van der Waals surface area contributed by atoms with Crippen LogP contribution < -0.4 is 0 Å². The first-order valence-corrected chi connectivity index (χ1v) is 4.37. The van der Waals surface area contributed by atoms with Gasteiger partial charge in [0, 0.05) is 5.92 Å². The molecule has 2 fully saturated rings. The predicted molar refractivity (Wildman–Crippen MR) is 39.6 cm³/mol. The summed E-state index contributed by atoms with van der Waals surface area (Å²) in [6, 6.07) is 0. The molecule has 3 unspecified atom stereocenters. The van der Waals surface area contributed by atoms with Crippen molar-refractivity contribution in [3.63, 3.8) is 0 Å². The van der Waals surface area contributed by atoms with Crippen LogP contribution in [0.3, 0.4) is 0 Å². The van der Waals surface area contributed by atoms with E-state index in [-0.39, 0.29) is 0 Å². The summed E-state index contributed by atoms with van der Waals surface area (Å²) >= 11 is 0. The Balaban J connectivity index is 2.07. The molecule has 0 amide bonds. The first-order valence-electron chi connectivity index (χ1n) is 4.37. The Morgan fingerprint density at radius 2 is 2.00 bits per heavy atom. The summed E-state index contributed by atoms with van der Waals surface area (Å²) in [6.45, 7) is 0. The lowest BCUT2D eigenvalue weighted by Crippen LogP contribution is -2.09. The minimum absolute atomic E-state index is 0.438. The smallest absolute Gasteiger partial charge is 0.123 e. The van der Waals surface area contributed by atoms with Crippen LogP contribution in [0.5, 0.6) is 0 Å². The molecule has 0 aromatic rings. The van der Waals surface area contributed by atoms with Crippen LogP contribution in [0.15, 0.2) is 0 Å². The minimum atomic E-state index is 0.438. The van der Waals surface area contributed by atoms with Gasteiger partial charge in [-0.25, -0.2) is 0 Å². The van der Waals surface area contributed by atoms with Crippen molar-refractivity contribution >= 4 is 6.29 Å². The van der Waals surface area contributed by atoms with Gasteiger partial charge in [-0.05, 0) is 31.1 Å². The molecular weight excluding hydrogens is 124 g/mol. The molecule has 10 heavy (non-hydrogen) atoms. The van der Waals surface area contributed by atoms with Crippen molar-refractivity contribution in [2.45, 2.75) is 32.1 Å². The van der Waals surface area contributed by atoms with Crippen LogP contribution in [-0.4, -0.2) is 6.29 Å². The van der Waals surface area contributed by atoms with E-state index in [0.29, 0.717) is 5.92 Å². The Morgan fingerprint density at radius 1 is 1.10 bits per heavy atom. The quantitative estimate of drug-likeness (QED) is 0.506. The van der Waals surface area contributed by atoms with E-state index in [1.807, 2.05) is 0 Å². The molecule has 0 aromatic heterocycles. The van der Waals surface area contributed by atoms with Crippen molar-refractivity contribution < 1.29 is 4.79 Å². The van der Waals surface area contributed by atoms with Gasteiger partial charge in [0.15, 0.2) is 0 Å². The number of fused-ring (bicyclic) bond motifs is 1. The van der Waals surface area contributed by atoms with Crippen molar-refractivity contribution in [1.29, 1.82) is 0 Å². The van der Waals surface area contributed by atoms with Gasteiger partial charge < -0.3 is 4.79 Å². The second-order valence-electron chi connectivity index (χ2n) is 3.73. The zero-order valence-corrected chi connectivity index (χ0v) is 6.25. The van der Waals surface area contributed by atoms with Gasteiger partial charge >= 0.3 is 0 Å². The standard InChI is InChI=1S/C9H14O/c10-6-8-5-4-7-2-1-3-9(7)8/h6-9H,1-5H2. The van der Waals surface area contributed by atoms with E-state index in [9.17, 15) is 4.79 Å². The Kier molecular flexibility index (Phi) is 1.51. The lowest BCUT2D eigenvalue weighted by atomic mass is 9.93. The molecule has 2 aliphatic carbocycles.